The zero-order chi connectivity index (χ0) is 26.4. The molecule has 0 spiro atoms. The predicted octanol–water partition coefficient (Wildman–Crippen LogP) is 5.67. The molecule has 3 aromatic heterocycles. The van der Waals surface area contributed by atoms with Crippen molar-refractivity contribution in [3.05, 3.63) is 29.2 Å². The molecule has 0 radical (unpaired) electrons. The van der Waals surface area contributed by atoms with E-state index in [-0.39, 0.29) is 6.10 Å². The van der Waals surface area contributed by atoms with E-state index in [0.29, 0.717) is 29.3 Å². The van der Waals surface area contributed by atoms with Crippen molar-refractivity contribution >= 4 is 34.3 Å². The number of imidazole rings is 1. The Morgan fingerprint density at radius 3 is 2.68 bits per heavy atom. The molecule has 0 bridgehead atoms. The van der Waals surface area contributed by atoms with E-state index in [4.69, 9.17) is 26.3 Å². The van der Waals surface area contributed by atoms with E-state index >= 15 is 0 Å². The first kappa shape index (κ1) is 25.4. The Labute approximate surface area is 229 Å². The topological polar surface area (TPSA) is 83.1 Å². The smallest absolute Gasteiger partial charge is 0.207 e. The van der Waals surface area contributed by atoms with Gasteiger partial charge in [-0.05, 0) is 50.0 Å². The lowest BCUT2D eigenvalue weighted by molar-refractivity contribution is 0.0247. The molecular formula is C29H36ClN7O. The Morgan fingerprint density at radius 2 is 1.95 bits per heavy atom. The third-order valence-corrected chi connectivity index (χ3v) is 8.90. The molecule has 38 heavy (non-hydrogen) atoms. The minimum absolute atomic E-state index is 0.255. The van der Waals surface area contributed by atoms with Crippen LogP contribution in [0.15, 0.2) is 18.5 Å². The van der Waals surface area contributed by atoms with Crippen LogP contribution in [-0.4, -0.2) is 58.9 Å². The van der Waals surface area contributed by atoms with Crippen molar-refractivity contribution in [2.24, 2.45) is 11.8 Å². The van der Waals surface area contributed by atoms with E-state index in [1.165, 1.54) is 32.1 Å². The molecule has 0 aromatic carbocycles. The fourth-order valence-electron chi connectivity index (χ4n) is 6.76. The van der Waals surface area contributed by atoms with Gasteiger partial charge < -0.3 is 19.1 Å². The van der Waals surface area contributed by atoms with E-state index in [1.54, 1.807) is 12.4 Å². The van der Waals surface area contributed by atoms with E-state index in [0.717, 1.165) is 65.8 Å². The first-order chi connectivity index (χ1) is 18.4. The second-order valence-electron chi connectivity index (χ2n) is 11.5. The summed E-state index contributed by atoms with van der Waals surface area (Å²) < 4.78 is 8.58. The summed E-state index contributed by atoms with van der Waals surface area (Å²) in [6, 6.07) is 4.55. The first-order valence-electron chi connectivity index (χ1n) is 14.0. The van der Waals surface area contributed by atoms with Crippen LogP contribution < -0.4 is 9.80 Å². The van der Waals surface area contributed by atoms with Gasteiger partial charge in [-0.2, -0.15) is 5.26 Å². The van der Waals surface area contributed by atoms with Crippen LogP contribution in [0.4, 0.5) is 11.6 Å². The molecule has 0 unspecified atom stereocenters. The van der Waals surface area contributed by atoms with Gasteiger partial charge in [0.1, 0.15) is 17.3 Å². The maximum absolute atomic E-state index is 10.1. The molecule has 3 fully saturated rings. The SMILES string of the molecule is CC1CCC(Cn2c(N3CCO[C@@H]4CCC[C@H]43)nc3c(N(C)C)c(C#N)nc(-c4cncc(Cl)c4)c32)CC1. The van der Waals surface area contributed by atoms with Crippen molar-refractivity contribution < 1.29 is 4.74 Å². The van der Waals surface area contributed by atoms with Crippen LogP contribution in [0, 0.1) is 23.2 Å². The van der Waals surface area contributed by atoms with Gasteiger partial charge in [0.15, 0.2) is 5.69 Å². The van der Waals surface area contributed by atoms with Crippen molar-refractivity contribution in [3.63, 3.8) is 0 Å². The molecule has 0 N–H and O–H groups in total. The van der Waals surface area contributed by atoms with Gasteiger partial charge in [0, 0.05) is 45.1 Å². The van der Waals surface area contributed by atoms with E-state index in [9.17, 15) is 5.26 Å². The van der Waals surface area contributed by atoms with E-state index < -0.39 is 0 Å². The third-order valence-electron chi connectivity index (χ3n) is 8.69. The summed E-state index contributed by atoms with van der Waals surface area (Å²) in [6.07, 6.45) is 12.0. The predicted molar refractivity (Wildman–Crippen MR) is 151 cm³/mol. The second-order valence-corrected chi connectivity index (χ2v) is 11.9. The molecule has 9 heteroatoms. The minimum atomic E-state index is 0.255. The molecule has 200 valence electrons. The van der Waals surface area contributed by atoms with Gasteiger partial charge in [0.05, 0.1) is 35.0 Å². The lowest BCUT2D eigenvalue weighted by Crippen LogP contribution is -2.49. The zero-order valence-corrected chi connectivity index (χ0v) is 23.3. The summed E-state index contributed by atoms with van der Waals surface area (Å²) in [5.41, 5.74) is 4.42. The molecule has 2 atom stereocenters. The molecule has 3 aromatic rings. The van der Waals surface area contributed by atoms with Crippen LogP contribution in [0.25, 0.3) is 22.3 Å². The average molecular weight is 534 g/mol. The van der Waals surface area contributed by atoms with Gasteiger partial charge in [-0.3, -0.25) is 4.98 Å². The number of nitrogens with zero attached hydrogens (tertiary/aromatic N) is 7. The zero-order valence-electron chi connectivity index (χ0n) is 22.5. The Kier molecular flexibility index (Phi) is 6.92. The molecule has 2 aliphatic carbocycles. The van der Waals surface area contributed by atoms with Crippen molar-refractivity contribution in [3.8, 4) is 17.3 Å². The molecule has 0 amide bonds. The Bertz CT molecular complexity index is 1370. The molecule has 8 nitrogen and oxygen atoms in total. The van der Waals surface area contributed by atoms with Gasteiger partial charge in [-0.25, -0.2) is 9.97 Å². The van der Waals surface area contributed by atoms with Crippen molar-refractivity contribution in [2.75, 3.05) is 37.0 Å². The molecule has 1 saturated heterocycles. The van der Waals surface area contributed by atoms with Gasteiger partial charge in [-0.15, -0.1) is 0 Å². The third kappa shape index (κ3) is 4.50. The van der Waals surface area contributed by atoms with Crippen LogP contribution in [0.1, 0.15) is 57.6 Å². The Morgan fingerprint density at radius 1 is 1.13 bits per heavy atom. The highest BCUT2D eigenvalue weighted by Gasteiger charge is 2.39. The van der Waals surface area contributed by atoms with Crippen LogP contribution >= 0.6 is 11.6 Å². The average Bonchev–Trinajstić information content (AvgIpc) is 3.54. The highest BCUT2D eigenvalue weighted by atomic mass is 35.5. The van der Waals surface area contributed by atoms with Crippen LogP contribution in [0.2, 0.25) is 5.02 Å². The quantitative estimate of drug-likeness (QED) is 0.418. The monoisotopic (exact) mass is 533 g/mol. The van der Waals surface area contributed by atoms with Crippen LogP contribution in [-0.2, 0) is 11.3 Å². The Balaban J connectivity index is 1.61. The van der Waals surface area contributed by atoms with Crippen molar-refractivity contribution in [2.45, 2.75) is 70.6 Å². The van der Waals surface area contributed by atoms with Gasteiger partial charge in [-0.1, -0.05) is 31.4 Å². The number of fused-ring (bicyclic) bond motifs is 2. The largest absolute Gasteiger partial charge is 0.374 e. The highest BCUT2D eigenvalue weighted by molar-refractivity contribution is 6.30. The normalized spacial score (nSPS) is 25.4. The number of nitriles is 1. The van der Waals surface area contributed by atoms with Crippen LogP contribution in [0.3, 0.4) is 0 Å². The van der Waals surface area contributed by atoms with Gasteiger partial charge >= 0.3 is 0 Å². The van der Waals surface area contributed by atoms with Crippen molar-refractivity contribution in [1.82, 2.24) is 19.5 Å². The summed E-state index contributed by atoms with van der Waals surface area (Å²) in [5.74, 6) is 2.35. The number of ether oxygens (including phenoxy) is 1. The van der Waals surface area contributed by atoms with E-state index in [2.05, 4.69) is 27.4 Å². The molecule has 1 aliphatic heterocycles. The number of anilines is 2. The summed E-state index contributed by atoms with van der Waals surface area (Å²) in [6.45, 7) is 4.77. The first-order valence-corrected chi connectivity index (χ1v) is 14.3. The maximum Gasteiger partial charge on any atom is 0.207 e. The van der Waals surface area contributed by atoms with Gasteiger partial charge in [0.2, 0.25) is 5.95 Å². The fourth-order valence-corrected chi connectivity index (χ4v) is 6.93. The number of aromatic nitrogens is 4. The standard InChI is InChI=1S/C29H36ClN7O/c1-18-7-9-19(10-8-18)17-37-28-25(20-13-21(30)16-32-15-20)33-22(14-31)27(35(2)3)26(28)34-29(37)36-11-12-38-24-6-4-5-23(24)36/h13,15-16,18-19,23-24H,4-12,17H2,1-3H3/t18?,19?,23-,24-/m1/s1. The van der Waals surface area contributed by atoms with Crippen molar-refractivity contribution in [1.29, 1.82) is 5.26 Å². The molecule has 3 aliphatic rings. The Hall–Kier alpha value is -2.89. The second kappa shape index (κ2) is 10.3. The van der Waals surface area contributed by atoms with E-state index in [1.807, 2.05) is 25.1 Å². The molecule has 4 heterocycles. The lowest BCUT2D eigenvalue weighted by atomic mass is 9.83. The fraction of sp³-hybridized carbons (Fsp3) is 0.586. The van der Waals surface area contributed by atoms with Crippen LogP contribution in [0.5, 0.6) is 0 Å². The molecular weight excluding hydrogens is 498 g/mol. The minimum Gasteiger partial charge on any atom is -0.374 e. The number of rotatable bonds is 5. The number of morpholine rings is 1. The summed E-state index contributed by atoms with van der Waals surface area (Å²) in [7, 11) is 3.92. The summed E-state index contributed by atoms with van der Waals surface area (Å²) >= 11 is 6.39. The summed E-state index contributed by atoms with van der Waals surface area (Å²) in [4.78, 5) is 19.1. The number of pyridine rings is 2. The lowest BCUT2D eigenvalue weighted by Gasteiger charge is -2.39. The molecule has 6 rings (SSSR count). The number of hydrogen-bond donors (Lipinski definition) is 0. The number of halogens is 1. The van der Waals surface area contributed by atoms with Gasteiger partial charge in [0.25, 0.3) is 0 Å². The number of hydrogen-bond acceptors (Lipinski definition) is 7. The maximum atomic E-state index is 10.1. The highest BCUT2D eigenvalue weighted by Crippen LogP contribution is 2.42. The summed E-state index contributed by atoms with van der Waals surface area (Å²) in [5, 5.41) is 10.7. The molecule has 2 saturated carbocycles.